The molecule has 5 nitrogen and oxygen atoms in total. The third-order valence-electron chi connectivity index (χ3n) is 4.70. The Balaban J connectivity index is 1.65. The van der Waals surface area contributed by atoms with Crippen LogP contribution in [0.4, 0.5) is 4.39 Å². The SMILES string of the molecule is CS(=O)(=O)c1cccc(C(=O)N2CCCN(Cc3ccc(F)cc3)CC2)c1. The molecule has 2 aromatic carbocycles. The van der Waals surface area contributed by atoms with Gasteiger partial charge in [-0.2, -0.15) is 0 Å². The molecule has 144 valence electrons. The lowest BCUT2D eigenvalue weighted by Crippen LogP contribution is -2.35. The average Bonchev–Trinajstić information content (AvgIpc) is 2.88. The predicted molar refractivity (Wildman–Crippen MR) is 102 cm³/mol. The number of sulfone groups is 1. The van der Waals surface area contributed by atoms with Gasteiger partial charge in [0.15, 0.2) is 9.84 Å². The molecule has 0 atom stereocenters. The quantitative estimate of drug-likeness (QED) is 0.805. The number of nitrogens with zero attached hydrogens (tertiary/aromatic N) is 2. The lowest BCUT2D eigenvalue weighted by Gasteiger charge is -2.22. The molecule has 0 unspecified atom stereocenters. The lowest BCUT2D eigenvalue weighted by atomic mass is 10.2. The Hall–Kier alpha value is -2.25. The van der Waals surface area contributed by atoms with Gasteiger partial charge in [0.2, 0.25) is 0 Å². The van der Waals surface area contributed by atoms with Crippen LogP contribution in [0.2, 0.25) is 0 Å². The Morgan fingerprint density at radius 2 is 1.78 bits per heavy atom. The van der Waals surface area contributed by atoms with Gasteiger partial charge in [0.05, 0.1) is 4.90 Å². The fourth-order valence-corrected chi connectivity index (χ4v) is 3.89. The summed E-state index contributed by atoms with van der Waals surface area (Å²) in [7, 11) is -3.35. The van der Waals surface area contributed by atoms with Gasteiger partial charge >= 0.3 is 0 Å². The van der Waals surface area contributed by atoms with Crippen molar-refractivity contribution in [3.63, 3.8) is 0 Å². The van der Waals surface area contributed by atoms with E-state index >= 15 is 0 Å². The molecular weight excluding hydrogens is 367 g/mol. The Kier molecular flexibility index (Phi) is 5.92. The molecule has 1 fully saturated rings. The van der Waals surface area contributed by atoms with Crippen molar-refractivity contribution in [3.05, 3.63) is 65.5 Å². The molecule has 1 aliphatic rings. The van der Waals surface area contributed by atoms with Crippen molar-refractivity contribution in [2.45, 2.75) is 17.9 Å². The Morgan fingerprint density at radius 1 is 1.04 bits per heavy atom. The lowest BCUT2D eigenvalue weighted by molar-refractivity contribution is 0.0761. The molecule has 0 radical (unpaired) electrons. The van der Waals surface area contributed by atoms with E-state index in [4.69, 9.17) is 0 Å². The van der Waals surface area contributed by atoms with Gasteiger partial charge in [0, 0.05) is 44.5 Å². The zero-order valence-electron chi connectivity index (χ0n) is 15.3. The molecule has 0 aliphatic carbocycles. The van der Waals surface area contributed by atoms with Crippen LogP contribution < -0.4 is 0 Å². The maximum atomic E-state index is 13.0. The summed E-state index contributed by atoms with van der Waals surface area (Å²) in [5.41, 5.74) is 1.43. The van der Waals surface area contributed by atoms with E-state index in [-0.39, 0.29) is 16.6 Å². The van der Waals surface area contributed by atoms with E-state index in [1.807, 2.05) is 0 Å². The number of amides is 1. The number of hydrogen-bond acceptors (Lipinski definition) is 4. The van der Waals surface area contributed by atoms with E-state index in [9.17, 15) is 17.6 Å². The van der Waals surface area contributed by atoms with Gasteiger partial charge in [-0.1, -0.05) is 18.2 Å². The van der Waals surface area contributed by atoms with Crippen LogP contribution in [0.15, 0.2) is 53.4 Å². The highest BCUT2D eigenvalue weighted by molar-refractivity contribution is 7.90. The first-order valence-electron chi connectivity index (χ1n) is 8.89. The van der Waals surface area contributed by atoms with Crippen molar-refractivity contribution in [2.75, 3.05) is 32.4 Å². The maximum absolute atomic E-state index is 13.0. The minimum atomic E-state index is -3.35. The van der Waals surface area contributed by atoms with Gasteiger partial charge < -0.3 is 4.90 Å². The molecular formula is C20H23FN2O3S. The van der Waals surface area contributed by atoms with E-state index in [2.05, 4.69) is 4.90 Å². The molecule has 0 bridgehead atoms. The topological polar surface area (TPSA) is 57.7 Å². The number of carbonyl (C=O) groups is 1. The zero-order chi connectivity index (χ0) is 19.4. The summed E-state index contributed by atoms with van der Waals surface area (Å²) in [5.74, 6) is -0.396. The van der Waals surface area contributed by atoms with Crippen molar-refractivity contribution in [2.24, 2.45) is 0 Å². The van der Waals surface area contributed by atoms with Gasteiger partial charge in [-0.25, -0.2) is 12.8 Å². The normalized spacial score (nSPS) is 16.1. The largest absolute Gasteiger partial charge is 0.337 e. The van der Waals surface area contributed by atoms with E-state index in [1.54, 1.807) is 29.2 Å². The molecule has 7 heteroatoms. The highest BCUT2D eigenvalue weighted by Crippen LogP contribution is 2.16. The molecule has 0 saturated carbocycles. The van der Waals surface area contributed by atoms with Crippen LogP contribution in [-0.4, -0.2) is 56.6 Å². The van der Waals surface area contributed by atoms with Crippen molar-refractivity contribution < 1.29 is 17.6 Å². The van der Waals surface area contributed by atoms with Crippen molar-refractivity contribution in [1.29, 1.82) is 0 Å². The molecule has 1 aliphatic heterocycles. The summed E-state index contributed by atoms with van der Waals surface area (Å²) >= 11 is 0. The first kappa shape index (κ1) is 19.5. The summed E-state index contributed by atoms with van der Waals surface area (Å²) in [4.78, 5) is 17.0. The Bertz CT molecular complexity index is 913. The second kappa shape index (κ2) is 8.19. The van der Waals surface area contributed by atoms with Crippen LogP contribution in [0, 0.1) is 5.82 Å². The van der Waals surface area contributed by atoms with Crippen LogP contribution in [0.3, 0.4) is 0 Å². The van der Waals surface area contributed by atoms with E-state index < -0.39 is 9.84 Å². The zero-order valence-corrected chi connectivity index (χ0v) is 16.1. The van der Waals surface area contributed by atoms with Crippen molar-refractivity contribution in [1.82, 2.24) is 9.80 Å². The summed E-state index contributed by atoms with van der Waals surface area (Å²) < 4.78 is 36.5. The minimum Gasteiger partial charge on any atom is -0.337 e. The number of halogens is 1. The maximum Gasteiger partial charge on any atom is 0.253 e. The van der Waals surface area contributed by atoms with Gasteiger partial charge in [0.25, 0.3) is 5.91 Å². The van der Waals surface area contributed by atoms with Crippen molar-refractivity contribution in [3.8, 4) is 0 Å². The molecule has 1 heterocycles. The number of hydrogen-bond donors (Lipinski definition) is 0. The summed E-state index contributed by atoms with van der Waals surface area (Å²) in [5, 5.41) is 0. The Morgan fingerprint density at radius 3 is 2.48 bits per heavy atom. The van der Waals surface area contributed by atoms with Gasteiger partial charge in [0.1, 0.15) is 5.82 Å². The number of carbonyl (C=O) groups excluding carboxylic acids is 1. The monoisotopic (exact) mass is 390 g/mol. The predicted octanol–water partition coefficient (Wildman–Crippen LogP) is 2.58. The van der Waals surface area contributed by atoms with Crippen LogP contribution in [-0.2, 0) is 16.4 Å². The van der Waals surface area contributed by atoms with E-state index in [0.29, 0.717) is 25.2 Å². The first-order valence-corrected chi connectivity index (χ1v) is 10.8. The number of rotatable bonds is 4. The second-order valence-corrected chi connectivity index (χ2v) is 8.86. The van der Waals surface area contributed by atoms with Gasteiger partial charge in [-0.3, -0.25) is 9.69 Å². The highest BCUT2D eigenvalue weighted by atomic mass is 32.2. The smallest absolute Gasteiger partial charge is 0.253 e. The highest BCUT2D eigenvalue weighted by Gasteiger charge is 2.21. The molecule has 3 rings (SSSR count). The van der Waals surface area contributed by atoms with Crippen LogP contribution in [0.5, 0.6) is 0 Å². The van der Waals surface area contributed by atoms with E-state index in [0.717, 1.165) is 31.3 Å². The summed E-state index contributed by atoms with van der Waals surface area (Å²) in [6, 6.07) is 12.7. The number of benzene rings is 2. The molecule has 0 aromatic heterocycles. The standard InChI is InChI=1S/C20H23FN2O3S/c1-27(25,26)19-5-2-4-17(14-19)20(24)23-11-3-10-22(12-13-23)15-16-6-8-18(21)9-7-16/h2,4-9,14H,3,10-13,15H2,1H3. The van der Waals surface area contributed by atoms with Gasteiger partial charge in [-0.15, -0.1) is 0 Å². The third-order valence-corrected chi connectivity index (χ3v) is 5.81. The average molecular weight is 390 g/mol. The summed E-state index contributed by atoms with van der Waals surface area (Å²) in [6.45, 7) is 3.48. The van der Waals surface area contributed by atoms with Crippen molar-refractivity contribution >= 4 is 15.7 Å². The molecule has 1 amide bonds. The van der Waals surface area contributed by atoms with Crippen LogP contribution in [0.25, 0.3) is 0 Å². The molecule has 27 heavy (non-hydrogen) atoms. The molecule has 1 saturated heterocycles. The Labute approximate surface area is 159 Å². The second-order valence-electron chi connectivity index (χ2n) is 6.85. The minimum absolute atomic E-state index is 0.149. The third kappa shape index (κ3) is 5.14. The first-order chi connectivity index (χ1) is 12.8. The summed E-state index contributed by atoms with van der Waals surface area (Å²) in [6.07, 6.45) is 1.97. The van der Waals surface area contributed by atoms with Gasteiger partial charge in [-0.05, 0) is 42.3 Å². The van der Waals surface area contributed by atoms with E-state index in [1.165, 1.54) is 24.3 Å². The molecule has 2 aromatic rings. The molecule has 0 spiro atoms. The molecule has 0 N–H and O–H groups in total. The van der Waals surface area contributed by atoms with Crippen LogP contribution in [0.1, 0.15) is 22.3 Å². The fourth-order valence-electron chi connectivity index (χ4n) is 3.22. The van der Waals surface area contributed by atoms with Crippen LogP contribution >= 0.6 is 0 Å². The fraction of sp³-hybridized carbons (Fsp3) is 0.350.